The van der Waals surface area contributed by atoms with E-state index in [-0.39, 0.29) is 16.9 Å². The Morgan fingerprint density at radius 1 is 0.933 bits per heavy atom. The lowest BCUT2D eigenvalue weighted by atomic mass is 10.1. The van der Waals surface area contributed by atoms with E-state index in [0.717, 1.165) is 32.0 Å². The van der Waals surface area contributed by atoms with Gasteiger partial charge in [-0.2, -0.15) is 0 Å². The lowest BCUT2D eigenvalue weighted by Gasteiger charge is -2.15. The lowest BCUT2D eigenvalue weighted by molar-refractivity contribution is -0.116. The van der Waals surface area contributed by atoms with Gasteiger partial charge in [-0.3, -0.25) is 14.4 Å². The van der Waals surface area contributed by atoms with Gasteiger partial charge in [-0.1, -0.05) is 72.4 Å². The second kappa shape index (κ2) is 14.7. The van der Waals surface area contributed by atoms with Crippen LogP contribution in [0, 0.1) is 6.92 Å². The third-order valence-electron chi connectivity index (χ3n) is 6.74. The second-order valence-corrected chi connectivity index (χ2v) is 12.4. The van der Waals surface area contributed by atoms with Crippen LogP contribution in [0.2, 0.25) is 0 Å². The third kappa shape index (κ3) is 8.37. The number of fused-ring (bicyclic) bond motifs is 1. The number of carbonyl (C=O) groups excluding carboxylic acids is 3. The van der Waals surface area contributed by atoms with Crippen LogP contribution >= 0.6 is 23.1 Å². The fourth-order valence-electron chi connectivity index (χ4n) is 4.47. The summed E-state index contributed by atoms with van der Waals surface area (Å²) in [5, 5.41) is 8.76. The minimum absolute atomic E-state index is 0.103. The Bertz CT molecular complexity index is 1870. The van der Waals surface area contributed by atoms with Gasteiger partial charge in [0.2, 0.25) is 5.91 Å². The van der Waals surface area contributed by atoms with E-state index in [9.17, 15) is 14.4 Å². The highest BCUT2D eigenvalue weighted by Crippen LogP contribution is 2.32. The molecule has 1 unspecified atom stereocenters. The third-order valence-corrected chi connectivity index (χ3v) is 9.03. The van der Waals surface area contributed by atoms with Crippen molar-refractivity contribution in [2.75, 3.05) is 17.7 Å². The number of benzene rings is 4. The highest BCUT2D eigenvalue weighted by Gasteiger charge is 2.21. The molecule has 228 valence electrons. The van der Waals surface area contributed by atoms with Crippen LogP contribution in [-0.2, 0) is 9.59 Å². The highest BCUT2D eigenvalue weighted by atomic mass is 32.2. The number of rotatable bonds is 11. The summed E-state index contributed by atoms with van der Waals surface area (Å²) < 4.78 is 6.21. The van der Waals surface area contributed by atoms with Crippen LogP contribution in [0.1, 0.15) is 34.8 Å². The first-order chi connectivity index (χ1) is 21.8. The molecule has 1 heterocycles. The molecule has 0 radical (unpaired) electrons. The molecule has 1 aromatic heterocycles. The van der Waals surface area contributed by atoms with E-state index in [4.69, 9.17) is 4.74 Å². The summed E-state index contributed by atoms with van der Waals surface area (Å²) >= 11 is 2.79. The van der Waals surface area contributed by atoms with Crippen LogP contribution in [0.5, 0.6) is 5.75 Å². The SMILES string of the molecule is CCC(Sc1cccc(NC(=O)/C(=C\c2cccc(C)c2)NC(=O)c2ccccc2)c1)C(=O)Nc1nc2ccc(OC)cc2s1. The smallest absolute Gasteiger partial charge is 0.272 e. The lowest BCUT2D eigenvalue weighted by Crippen LogP contribution is -2.30. The fraction of sp³-hybridized carbons (Fsp3) is 0.143. The average molecular weight is 637 g/mol. The van der Waals surface area contributed by atoms with Gasteiger partial charge < -0.3 is 20.7 Å². The van der Waals surface area contributed by atoms with Gasteiger partial charge in [-0.15, -0.1) is 11.8 Å². The van der Waals surface area contributed by atoms with Crippen LogP contribution < -0.4 is 20.7 Å². The molecular weight excluding hydrogens is 605 g/mol. The number of nitrogens with zero attached hydrogens (tertiary/aromatic N) is 1. The summed E-state index contributed by atoms with van der Waals surface area (Å²) in [6.45, 7) is 3.91. The first kappa shape index (κ1) is 31.5. The largest absolute Gasteiger partial charge is 0.497 e. The van der Waals surface area contributed by atoms with Gasteiger partial charge in [0.05, 0.1) is 22.6 Å². The van der Waals surface area contributed by atoms with Crippen LogP contribution in [0.3, 0.4) is 0 Å². The Morgan fingerprint density at radius 2 is 1.73 bits per heavy atom. The Labute approximate surface area is 269 Å². The quantitative estimate of drug-likeness (QED) is 0.102. The van der Waals surface area contributed by atoms with Crippen molar-refractivity contribution in [1.82, 2.24) is 10.3 Å². The van der Waals surface area contributed by atoms with E-state index < -0.39 is 11.8 Å². The van der Waals surface area contributed by atoms with E-state index in [1.54, 1.807) is 43.5 Å². The predicted molar refractivity (Wildman–Crippen MR) is 183 cm³/mol. The fourth-order valence-corrected chi connectivity index (χ4v) is 6.38. The molecule has 0 spiro atoms. The van der Waals surface area contributed by atoms with Crippen LogP contribution in [0.4, 0.5) is 10.8 Å². The minimum atomic E-state index is -0.472. The average Bonchev–Trinajstić information content (AvgIpc) is 3.45. The van der Waals surface area contributed by atoms with Gasteiger partial charge in [0.25, 0.3) is 11.8 Å². The number of amides is 3. The molecule has 0 bridgehead atoms. The Hall–Kier alpha value is -4.93. The molecule has 0 fully saturated rings. The molecule has 5 rings (SSSR count). The topological polar surface area (TPSA) is 109 Å². The Morgan fingerprint density at radius 3 is 2.49 bits per heavy atom. The van der Waals surface area contributed by atoms with E-state index in [1.165, 1.54) is 23.1 Å². The first-order valence-corrected chi connectivity index (χ1v) is 16.0. The number of carbonyl (C=O) groups is 3. The number of nitrogens with one attached hydrogen (secondary N) is 3. The normalized spacial score (nSPS) is 11.9. The van der Waals surface area contributed by atoms with Crippen molar-refractivity contribution in [2.24, 2.45) is 0 Å². The summed E-state index contributed by atoms with van der Waals surface area (Å²) in [7, 11) is 1.61. The minimum Gasteiger partial charge on any atom is -0.497 e. The Kier molecular flexibility index (Phi) is 10.3. The molecule has 0 saturated heterocycles. The van der Waals surface area contributed by atoms with Crippen molar-refractivity contribution in [1.29, 1.82) is 0 Å². The van der Waals surface area contributed by atoms with Gasteiger partial charge in [-0.25, -0.2) is 4.98 Å². The molecule has 0 aliphatic rings. The molecule has 3 N–H and O–H groups in total. The number of hydrogen-bond acceptors (Lipinski definition) is 7. The Balaban J connectivity index is 1.29. The summed E-state index contributed by atoms with van der Waals surface area (Å²) in [5.41, 5.74) is 3.67. The first-order valence-electron chi connectivity index (χ1n) is 14.3. The van der Waals surface area contributed by atoms with Crippen molar-refractivity contribution in [2.45, 2.75) is 30.4 Å². The van der Waals surface area contributed by atoms with Crippen LogP contribution in [-0.4, -0.2) is 35.1 Å². The molecule has 8 nitrogen and oxygen atoms in total. The van der Waals surface area contributed by atoms with E-state index in [1.807, 2.05) is 80.6 Å². The number of hydrogen-bond donors (Lipinski definition) is 3. The molecule has 0 saturated carbocycles. The number of aryl methyl sites for hydroxylation is 1. The molecule has 4 aromatic carbocycles. The van der Waals surface area contributed by atoms with Crippen molar-refractivity contribution in [3.63, 3.8) is 0 Å². The maximum Gasteiger partial charge on any atom is 0.272 e. The highest BCUT2D eigenvalue weighted by molar-refractivity contribution is 8.00. The zero-order valence-corrected chi connectivity index (χ0v) is 26.6. The van der Waals surface area contributed by atoms with E-state index >= 15 is 0 Å². The predicted octanol–water partition coefficient (Wildman–Crippen LogP) is 7.53. The van der Waals surface area contributed by atoms with Crippen LogP contribution in [0.25, 0.3) is 16.3 Å². The molecule has 0 aliphatic heterocycles. The van der Waals surface area contributed by atoms with Crippen molar-refractivity contribution >= 4 is 67.9 Å². The molecular formula is C35H32N4O4S2. The van der Waals surface area contributed by atoms with Crippen molar-refractivity contribution in [3.8, 4) is 5.75 Å². The van der Waals surface area contributed by atoms with Gasteiger partial charge in [0, 0.05) is 16.1 Å². The maximum absolute atomic E-state index is 13.5. The number of ether oxygens (including phenoxy) is 1. The van der Waals surface area contributed by atoms with Gasteiger partial charge in [0.1, 0.15) is 11.4 Å². The summed E-state index contributed by atoms with van der Waals surface area (Å²) in [4.78, 5) is 45.0. The zero-order valence-electron chi connectivity index (χ0n) is 25.0. The molecule has 0 aliphatic carbocycles. The molecule has 10 heteroatoms. The summed E-state index contributed by atoms with van der Waals surface area (Å²) in [5.74, 6) is -0.289. The molecule has 5 aromatic rings. The van der Waals surface area contributed by atoms with Gasteiger partial charge in [0.15, 0.2) is 5.13 Å². The molecule has 1 atom stereocenters. The number of anilines is 2. The van der Waals surface area contributed by atoms with E-state index in [2.05, 4.69) is 20.9 Å². The number of thioether (sulfide) groups is 1. The van der Waals surface area contributed by atoms with Gasteiger partial charge >= 0.3 is 0 Å². The maximum atomic E-state index is 13.5. The van der Waals surface area contributed by atoms with E-state index in [0.29, 0.717) is 22.8 Å². The second-order valence-electron chi connectivity index (χ2n) is 10.1. The monoisotopic (exact) mass is 636 g/mol. The van der Waals surface area contributed by atoms with Gasteiger partial charge in [-0.05, 0) is 73.5 Å². The van der Waals surface area contributed by atoms with Crippen molar-refractivity contribution in [3.05, 3.63) is 119 Å². The number of aromatic nitrogens is 1. The number of methoxy groups -OCH3 is 1. The number of thiazole rings is 1. The summed E-state index contributed by atoms with van der Waals surface area (Å²) in [6, 6.07) is 29.3. The van der Waals surface area contributed by atoms with Crippen LogP contribution in [0.15, 0.2) is 108 Å². The van der Waals surface area contributed by atoms with Crippen molar-refractivity contribution < 1.29 is 19.1 Å². The molecule has 3 amide bonds. The zero-order chi connectivity index (χ0) is 31.8. The molecule has 45 heavy (non-hydrogen) atoms. The summed E-state index contributed by atoms with van der Waals surface area (Å²) in [6.07, 6.45) is 2.23. The standard InChI is InChI=1S/C35H32N4O4S2/c1-4-30(34(42)39-35-38-28-17-16-26(43-3)21-31(28)45-35)44-27-15-9-14-25(20-27)36-33(41)29(19-23-11-8-10-22(2)18-23)37-32(40)24-12-6-5-7-13-24/h5-21,30H,4H2,1-3H3,(H,36,41)(H,37,40)(H,38,39,42)/b29-19+.